The molecule has 2 heterocycles. The van der Waals surface area contributed by atoms with Gasteiger partial charge in [-0.2, -0.15) is 0 Å². The lowest BCUT2D eigenvalue weighted by Crippen LogP contribution is -2.42. The van der Waals surface area contributed by atoms with Gasteiger partial charge in [0.05, 0.1) is 19.7 Å². The minimum absolute atomic E-state index is 0.0176. The molecule has 1 saturated heterocycles. The van der Waals surface area contributed by atoms with Crippen molar-refractivity contribution in [3.05, 3.63) is 60.3 Å². The van der Waals surface area contributed by atoms with Gasteiger partial charge in [0.25, 0.3) is 0 Å². The number of ether oxygens (including phenoxy) is 2. The summed E-state index contributed by atoms with van der Waals surface area (Å²) in [5, 5.41) is 10.3. The van der Waals surface area contributed by atoms with Gasteiger partial charge in [0.1, 0.15) is 17.7 Å². The number of thioether (sulfide) groups is 1. The molecule has 1 fully saturated rings. The van der Waals surface area contributed by atoms with Gasteiger partial charge in [-0.3, -0.25) is 9.78 Å². The first kappa shape index (κ1) is 27.2. The Balaban J connectivity index is 1.35. The second kappa shape index (κ2) is 13.1. The lowest BCUT2D eigenvalue weighted by molar-refractivity contribution is -0.139. The number of hydrogen-bond donors (Lipinski definition) is 1. The molecule has 0 amide bonds. The highest BCUT2D eigenvalue weighted by atomic mass is 32.2. The first-order valence-corrected chi connectivity index (χ1v) is 13.7. The highest BCUT2D eigenvalue weighted by Gasteiger charge is 2.31. The van der Waals surface area contributed by atoms with Gasteiger partial charge in [0.15, 0.2) is 0 Å². The van der Waals surface area contributed by atoms with Crippen LogP contribution in [0.3, 0.4) is 0 Å². The highest BCUT2D eigenvalue weighted by Crippen LogP contribution is 2.36. The molecule has 6 nitrogen and oxygen atoms in total. The third-order valence-corrected chi connectivity index (χ3v) is 8.29. The summed E-state index contributed by atoms with van der Waals surface area (Å²) in [7, 11) is 3.27. The van der Waals surface area contributed by atoms with Crippen molar-refractivity contribution >= 4 is 28.6 Å². The fraction of sp³-hybridized carbons (Fsp3) is 0.448. The van der Waals surface area contributed by atoms with Crippen molar-refractivity contribution < 1.29 is 23.8 Å². The van der Waals surface area contributed by atoms with Crippen molar-refractivity contribution in [1.82, 2.24) is 9.88 Å². The smallest absolute Gasteiger partial charge is 0.303 e. The number of likely N-dealkylation sites (tertiary alicyclic amines) is 1. The lowest BCUT2D eigenvalue weighted by atomic mass is 9.79. The standard InChI is InChI=1S/C29H35FN2O4S/c1-35-22-8-10-26-24(18-22)23(11-13-31-26)25(30)9-7-20-12-14-32(19-21(20)17-29(33)34)15-16-37-28-6-4-3-5-27(28)36-2/h3-6,8,10-11,13,18,20-21,25H,7,9,12,14-17,19H2,1-2H3,(H,33,34)/t20-,21+,25+/m1/s1. The minimum Gasteiger partial charge on any atom is -0.497 e. The fourth-order valence-electron chi connectivity index (χ4n) is 5.28. The van der Waals surface area contributed by atoms with Gasteiger partial charge >= 0.3 is 5.97 Å². The molecule has 1 aromatic heterocycles. The van der Waals surface area contributed by atoms with E-state index in [4.69, 9.17) is 9.47 Å². The van der Waals surface area contributed by atoms with Gasteiger partial charge in [0.2, 0.25) is 0 Å². The monoisotopic (exact) mass is 526 g/mol. The van der Waals surface area contributed by atoms with Crippen molar-refractivity contribution in [3.8, 4) is 11.5 Å². The Hall–Kier alpha value is -2.84. The predicted molar refractivity (Wildman–Crippen MR) is 145 cm³/mol. The molecule has 3 aromatic rings. The average molecular weight is 527 g/mol. The molecule has 1 N–H and O–H groups in total. The van der Waals surface area contributed by atoms with E-state index < -0.39 is 12.1 Å². The Bertz CT molecular complexity index is 1190. The first-order valence-electron chi connectivity index (χ1n) is 12.7. The predicted octanol–water partition coefficient (Wildman–Crippen LogP) is 6.25. The number of rotatable bonds is 12. The van der Waals surface area contributed by atoms with Crippen LogP contribution in [0.4, 0.5) is 4.39 Å². The number of piperidine rings is 1. The molecule has 3 atom stereocenters. The number of alkyl halides is 1. The maximum atomic E-state index is 15.5. The summed E-state index contributed by atoms with van der Waals surface area (Å²) < 4.78 is 26.3. The van der Waals surface area contributed by atoms with Crippen LogP contribution in [-0.4, -0.2) is 60.6 Å². The number of nitrogens with zero attached hydrogens (tertiary/aromatic N) is 2. The van der Waals surface area contributed by atoms with Crippen LogP contribution >= 0.6 is 11.8 Å². The van der Waals surface area contributed by atoms with Gasteiger partial charge in [-0.25, -0.2) is 4.39 Å². The summed E-state index contributed by atoms with van der Waals surface area (Å²) in [6.45, 7) is 2.51. The minimum atomic E-state index is -1.14. The summed E-state index contributed by atoms with van der Waals surface area (Å²) in [4.78, 5) is 19.4. The number of methoxy groups -OCH3 is 2. The summed E-state index contributed by atoms with van der Waals surface area (Å²) >= 11 is 1.75. The van der Waals surface area contributed by atoms with E-state index in [0.717, 1.165) is 53.4 Å². The zero-order valence-electron chi connectivity index (χ0n) is 21.4. The SMILES string of the molecule is COc1ccc2nccc([C@@H](F)CC[C@@H]3CCN(CCSc4ccccc4OC)C[C@@H]3CC(=O)O)c2c1. The molecule has 1 aliphatic heterocycles. The number of carboxylic acids is 1. The molecule has 0 spiro atoms. The third-order valence-electron chi connectivity index (χ3n) is 7.26. The molecule has 0 bridgehead atoms. The van der Waals surface area contributed by atoms with Crippen LogP contribution in [-0.2, 0) is 4.79 Å². The van der Waals surface area contributed by atoms with Crippen LogP contribution in [0.25, 0.3) is 10.9 Å². The lowest BCUT2D eigenvalue weighted by Gasteiger charge is -2.38. The van der Waals surface area contributed by atoms with Gasteiger partial charge in [-0.15, -0.1) is 11.8 Å². The van der Waals surface area contributed by atoms with Crippen molar-refractivity contribution in [2.24, 2.45) is 11.8 Å². The Labute approximate surface area is 222 Å². The largest absolute Gasteiger partial charge is 0.497 e. The van der Waals surface area contributed by atoms with Crippen molar-refractivity contribution in [2.75, 3.05) is 39.6 Å². The van der Waals surface area contributed by atoms with Gasteiger partial charge in [-0.05, 0) is 79.6 Å². The molecule has 0 saturated carbocycles. The Morgan fingerprint density at radius 3 is 2.81 bits per heavy atom. The number of para-hydroxylation sites is 1. The van der Waals surface area contributed by atoms with Crippen LogP contribution in [0.1, 0.15) is 37.4 Å². The zero-order chi connectivity index (χ0) is 26.2. The number of aromatic nitrogens is 1. The second-order valence-electron chi connectivity index (χ2n) is 9.53. The number of halogens is 1. The second-order valence-corrected chi connectivity index (χ2v) is 10.7. The summed E-state index contributed by atoms with van der Waals surface area (Å²) in [6, 6.07) is 15.2. The van der Waals surface area contributed by atoms with E-state index in [0.29, 0.717) is 24.2 Å². The van der Waals surface area contributed by atoms with E-state index in [-0.39, 0.29) is 18.3 Å². The zero-order valence-corrected chi connectivity index (χ0v) is 22.3. The first-order chi connectivity index (χ1) is 18.0. The topological polar surface area (TPSA) is 71.9 Å². The van der Waals surface area contributed by atoms with Gasteiger partial charge < -0.3 is 19.5 Å². The molecular formula is C29H35FN2O4S. The number of aliphatic carboxylic acids is 1. The van der Waals surface area contributed by atoms with Crippen molar-refractivity contribution in [2.45, 2.75) is 36.8 Å². The van der Waals surface area contributed by atoms with Crippen LogP contribution in [0.5, 0.6) is 11.5 Å². The van der Waals surface area contributed by atoms with Gasteiger partial charge in [-0.1, -0.05) is 12.1 Å². The van der Waals surface area contributed by atoms with Crippen LogP contribution in [0.15, 0.2) is 59.6 Å². The number of pyridine rings is 1. The van der Waals surface area contributed by atoms with Crippen LogP contribution < -0.4 is 9.47 Å². The number of fused-ring (bicyclic) bond motifs is 1. The van der Waals surface area contributed by atoms with E-state index in [2.05, 4.69) is 16.0 Å². The third kappa shape index (κ3) is 7.14. The molecule has 37 heavy (non-hydrogen) atoms. The Morgan fingerprint density at radius 1 is 1.19 bits per heavy atom. The summed E-state index contributed by atoms with van der Waals surface area (Å²) in [6.07, 6.45) is 2.53. The normalized spacial score (nSPS) is 19.0. The molecule has 2 aromatic carbocycles. The Kier molecular flexibility index (Phi) is 9.63. The molecule has 8 heteroatoms. The van der Waals surface area contributed by atoms with Crippen molar-refractivity contribution in [3.63, 3.8) is 0 Å². The maximum Gasteiger partial charge on any atom is 0.303 e. The summed E-state index contributed by atoms with van der Waals surface area (Å²) in [5.74, 6) is 1.86. The van der Waals surface area contributed by atoms with E-state index in [1.807, 2.05) is 36.4 Å². The molecular weight excluding hydrogens is 491 g/mol. The number of carbonyl (C=O) groups is 1. The van der Waals surface area contributed by atoms with Crippen LogP contribution in [0.2, 0.25) is 0 Å². The molecule has 198 valence electrons. The van der Waals surface area contributed by atoms with Crippen molar-refractivity contribution in [1.29, 1.82) is 0 Å². The molecule has 1 aliphatic rings. The van der Waals surface area contributed by atoms with E-state index in [1.54, 1.807) is 38.2 Å². The van der Waals surface area contributed by atoms with E-state index >= 15 is 4.39 Å². The van der Waals surface area contributed by atoms with E-state index in [9.17, 15) is 9.90 Å². The van der Waals surface area contributed by atoms with Gasteiger partial charge in [0, 0.05) is 41.7 Å². The summed E-state index contributed by atoms with van der Waals surface area (Å²) in [5.41, 5.74) is 1.36. The number of hydrogen-bond acceptors (Lipinski definition) is 6. The van der Waals surface area contributed by atoms with E-state index in [1.165, 1.54) is 0 Å². The number of carboxylic acid groups (broad SMARTS) is 1. The van der Waals surface area contributed by atoms with Crippen LogP contribution in [0, 0.1) is 11.8 Å². The quantitative estimate of drug-likeness (QED) is 0.280. The molecule has 0 unspecified atom stereocenters. The fourth-order valence-corrected chi connectivity index (χ4v) is 6.32. The Morgan fingerprint density at radius 2 is 2.03 bits per heavy atom. The highest BCUT2D eigenvalue weighted by molar-refractivity contribution is 7.99. The molecule has 0 aliphatic carbocycles. The molecule has 0 radical (unpaired) electrons. The number of benzene rings is 2. The maximum absolute atomic E-state index is 15.5. The average Bonchev–Trinajstić information content (AvgIpc) is 2.91. The molecule has 4 rings (SSSR count).